The van der Waals surface area contributed by atoms with Crippen molar-refractivity contribution in [2.45, 2.75) is 46.8 Å². The lowest BCUT2D eigenvalue weighted by molar-refractivity contribution is 0.00680. The number of halogens is 4. The molecule has 10 heteroatoms. The Labute approximate surface area is 222 Å². The Morgan fingerprint density at radius 1 is 1.06 bits per heavy atom. The minimum absolute atomic E-state index is 0.182. The number of carbonyl (C=O) groups is 2. The molecule has 0 amide bonds. The van der Waals surface area contributed by atoms with Gasteiger partial charge < -0.3 is 14.4 Å². The van der Waals surface area contributed by atoms with E-state index in [1.165, 1.54) is 12.1 Å². The maximum absolute atomic E-state index is 15.1. The monoisotopic (exact) mass is 553 g/mol. The summed E-state index contributed by atoms with van der Waals surface area (Å²) in [5.41, 5.74) is -2.06. The second-order valence-electron chi connectivity index (χ2n) is 9.01. The molecule has 1 heterocycles. The minimum atomic E-state index is -1.39. The van der Waals surface area contributed by atoms with Crippen molar-refractivity contribution in [2.24, 2.45) is 0 Å². The molecule has 0 saturated carbocycles. The van der Waals surface area contributed by atoms with Crippen LogP contribution in [0.2, 0.25) is 15.1 Å². The predicted octanol–water partition coefficient (Wildman–Crippen LogP) is 7.26. The molecule has 0 spiro atoms. The van der Waals surface area contributed by atoms with Gasteiger partial charge >= 0.3 is 11.9 Å². The Bertz CT molecular complexity index is 1460. The van der Waals surface area contributed by atoms with Gasteiger partial charge in [0, 0.05) is 23.4 Å². The number of ether oxygens (including phenoxy) is 1. The molecule has 0 aliphatic heterocycles. The van der Waals surface area contributed by atoms with Crippen molar-refractivity contribution >= 4 is 46.7 Å². The van der Waals surface area contributed by atoms with Crippen LogP contribution in [0, 0.1) is 12.7 Å². The molecule has 2 aromatic carbocycles. The predicted molar refractivity (Wildman–Crippen MR) is 139 cm³/mol. The molecule has 3 rings (SSSR count). The van der Waals surface area contributed by atoms with Crippen LogP contribution < -0.4 is 5.43 Å². The number of aromatic nitrogens is 1. The normalized spacial score (nSPS) is 11.5. The quantitative estimate of drug-likeness (QED) is 0.335. The maximum Gasteiger partial charge on any atom is 0.344 e. The first kappa shape index (κ1) is 27.7. The smallest absolute Gasteiger partial charge is 0.344 e. The molecule has 0 radical (unpaired) electrons. The van der Waals surface area contributed by atoms with E-state index in [2.05, 4.69) is 0 Å². The van der Waals surface area contributed by atoms with Gasteiger partial charge in [0.1, 0.15) is 17.0 Å². The average molecular weight is 555 g/mol. The summed E-state index contributed by atoms with van der Waals surface area (Å²) in [5.74, 6) is -3.23. The van der Waals surface area contributed by atoms with Gasteiger partial charge in [-0.05, 0) is 58.9 Å². The molecule has 0 atom stereocenters. The van der Waals surface area contributed by atoms with E-state index in [0.29, 0.717) is 11.3 Å². The number of rotatable bonds is 5. The fourth-order valence-corrected chi connectivity index (χ4v) is 4.44. The average Bonchev–Trinajstić information content (AvgIpc) is 2.75. The van der Waals surface area contributed by atoms with E-state index in [1.54, 1.807) is 45.3 Å². The third-order valence-electron chi connectivity index (χ3n) is 5.40. The Kier molecular flexibility index (Phi) is 7.89. The number of hydrogen-bond donors (Lipinski definition) is 1. The third-order valence-corrected chi connectivity index (χ3v) is 6.45. The van der Waals surface area contributed by atoms with Gasteiger partial charge in [-0.3, -0.25) is 4.79 Å². The molecule has 3 aromatic rings. The Hall–Kier alpha value is -2.87. The van der Waals surface area contributed by atoms with Crippen LogP contribution in [0.3, 0.4) is 0 Å². The van der Waals surface area contributed by atoms with E-state index >= 15 is 4.39 Å². The summed E-state index contributed by atoms with van der Waals surface area (Å²) in [4.78, 5) is 39.0. The number of hydrogen-bond acceptors (Lipinski definition) is 4. The van der Waals surface area contributed by atoms with Crippen LogP contribution in [0.4, 0.5) is 4.39 Å². The molecule has 6 nitrogen and oxygen atoms in total. The SMILES string of the molecule is CCn1c(C)c(-c2cc(C(=O)O)c(Cl)cc2F)c(=O)c(C(=O)OC(C)(C)C)c1-c1ccc(Cl)c(Cl)c1. The van der Waals surface area contributed by atoms with Crippen LogP contribution in [0.1, 0.15) is 54.1 Å². The van der Waals surface area contributed by atoms with Crippen molar-refractivity contribution in [3.05, 3.63) is 78.3 Å². The number of benzene rings is 2. The number of carboxylic acid groups (broad SMARTS) is 1. The van der Waals surface area contributed by atoms with E-state index in [4.69, 9.17) is 39.5 Å². The summed E-state index contributed by atoms with van der Waals surface area (Å²) < 4.78 is 22.3. The van der Waals surface area contributed by atoms with Crippen molar-refractivity contribution in [1.29, 1.82) is 0 Å². The number of pyridine rings is 1. The van der Waals surface area contributed by atoms with Crippen LogP contribution in [0.5, 0.6) is 0 Å². The summed E-state index contributed by atoms with van der Waals surface area (Å²) in [6, 6.07) is 6.47. The van der Waals surface area contributed by atoms with Crippen LogP contribution in [0.25, 0.3) is 22.4 Å². The Balaban J connectivity index is 2.52. The van der Waals surface area contributed by atoms with Gasteiger partial charge in [-0.1, -0.05) is 40.9 Å². The van der Waals surface area contributed by atoms with Crippen LogP contribution in [-0.2, 0) is 11.3 Å². The fraction of sp³-hybridized carbons (Fsp3) is 0.269. The van der Waals surface area contributed by atoms with Crippen LogP contribution in [0.15, 0.2) is 35.1 Å². The summed E-state index contributed by atoms with van der Waals surface area (Å²) in [7, 11) is 0. The second kappa shape index (κ2) is 10.2. The highest BCUT2D eigenvalue weighted by molar-refractivity contribution is 6.42. The molecule has 0 fully saturated rings. The van der Waals surface area contributed by atoms with Gasteiger partial charge in [-0.15, -0.1) is 0 Å². The molecule has 0 bridgehead atoms. The maximum atomic E-state index is 15.1. The molecule has 1 N–H and O–H groups in total. The highest BCUT2D eigenvalue weighted by atomic mass is 35.5. The molecular formula is C26H23Cl3FNO5. The van der Waals surface area contributed by atoms with Gasteiger partial charge in [0.15, 0.2) is 0 Å². The zero-order chi connectivity index (χ0) is 27.1. The number of carboxylic acids is 1. The fourth-order valence-electron chi connectivity index (χ4n) is 3.91. The molecule has 0 unspecified atom stereocenters. The lowest BCUT2D eigenvalue weighted by Gasteiger charge is -2.25. The van der Waals surface area contributed by atoms with E-state index < -0.39 is 28.8 Å². The van der Waals surface area contributed by atoms with Crippen molar-refractivity contribution in [3.63, 3.8) is 0 Å². The highest BCUT2D eigenvalue weighted by Gasteiger charge is 2.31. The van der Waals surface area contributed by atoms with E-state index in [0.717, 1.165) is 12.1 Å². The Morgan fingerprint density at radius 3 is 2.22 bits per heavy atom. The summed E-state index contributed by atoms with van der Waals surface area (Å²) in [5, 5.41) is 9.65. The topological polar surface area (TPSA) is 85.6 Å². The Morgan fingerprint density at radius 2 is 1.69 bits per heavy atom. The van der Waals surface area contributed by atoms with Crippen molar-refractivity contribution in [2.75, 3.05) is 0 Å². The standard InChI is InChI=1S/C26H23Cl3FNO5/c1-6-31-12(2)20(15-10-14(24(33)34)17(28)11-19(15)30)23(32)21(25(35)36-26(3,4)5)22(31)13-7-8-16(27)18(29)9-13/h7-11H,6H2,1-5H3,(H,33,34). The van der Waals surface area contributed by atoms with E-state index in [9.17, 15) is 19.5 Å². The molecule has 0 aliphatic rings. The lowest BCUT2D eigenvalue weighted by Crippen LogP contribution is -2.31. The molecule has 1 aromatic heterocycles. The van der Waals surface area contributed by atoms with Crippen molar-refractivity contribution in [3.8, 4) is 22.4 Å². The number of aromatic carboxylic acids is 1. The molecule has 0 aliphatic carbocycles. The van der Waals surface area contributed by atoms with E-state index in [1.807, 2.05) is 0 Å². The molecule has 0 saturated heterocycles. The highest BCUT2D eigenvalue weighted by Crippen LogP contribution is 2.35. The molecular weight excluding hydrogens is 532 g/mol. The van der Waals surface area contributed by atoms with Gasteiger partial charge in [0.25, 0.3) is 0 Å². The van der Waals surface area contributed by atoms with Gasteiger partial charge in [0.2, 0.25) is 5.43 Å². The van der Waals surface area contributed by atoms with Crippen molar-refractivity contribution in [1.82, 2.24) is 4.57 Å². The van der Waals surface area contributed by atoms with E-state index in [-0.39, 0.29) is 49.6 Å². The first-order valence-corrected chi connectivity index (χ1v) is 12.0. The van der Waals surface area contributed by atoms with Gasteiger partial charge in [-0.25, -0.2) is 14.0 Å². The van der Waals surface area contributed by atoms with Gasteiger partial charge in [-0.2, -0.15) is 0 Å². The zero-order valence-electron chi connectivity index (χ0n) is 20.1. The molecule has 36 heavy (non-hydrogen) atoms. The van der Waals surface area contributed by atoms with Crippen LogP contribution >= 0.6 is 34.8 Å². The molecule has 190 valence electrons. The largest absolute Gasteiger partial charge is 0.478 e. The first-order valence-electron chi connectivity index (χ1n) is 10.9. The van der Waals surface area contributed by atoms with Gasteiger partial charge in [0.05, 0.1) is 31.9 Å². The zero-order valence-corrected chi connectivity index (χ0v) is 22.4. The summed E-state index contributed by atoms with van der Waals surface area (Å²) >= 11 is 18.2. The number of esters is 1. The third kappa shape index (κ3) is 5.28. The summed E-state index contributed by atoms with van der Waals surface area (Å²) in [6.07, 6.45) is 0. The first-order chi connectivity index (χ1) is 16.7. The second-order valence-corrected chi connectivity index (χ2v) is 10.2. The number of nitrogens with zero attached hydrogens (tertiary/aromatic N) is 1. The minimum Gasteiger partial charge on any atom is -0.478 e. The van der Waals surface area contributed by atoms with Crippen LogP contribution in [-0.4, -0.2) is 27.2 Å². The summed E-state index contributed by atoms with van der Waals surface area (Å²) in [6.45, 7) is 8.57. The number of carbonyl (C=O) groups excluding carboxylic acids is 1. The lowest BCUT2D eigenvalue weighted by atomic mass is 9.94. The van der Waals surface area contributed by atoms with Crippen molar-refractivity contribution < 1.29 is 23.8 Å².